The fourth-order valence-corrected chi connectivity index (χ4v) is 4.92. The molecule has 3 aliphatic heterocycles. The summed E-state index contributed by atoms with van der Waals surface area (Å²) in [5.41, 5.74) is 0.570. The molecule has 4 rings (SSSR count). The maximum Gasteiger partial charge on any atom is 0.235 e. The summed E-state index contributed by atoms with van der Waals surface area (Å²) in [5, 5.41) is 14.2. The Hall–Kier alpha value is -2.09. The van der Waals surface area contributed by atoms with Crippen LogP contribution in [0, 0.1) is 0 Å². The van der Waals surface area contributed by atoms with E-state index in [2.05, 4.69) is 15.2 Å². The lowest BCUT2D eigenvalue weighted by molar-refractivity contribution is -0.122. The van der Waals surface area contributed by atoms with Gasteiger partial charge in [0.2, 0.25) is 5.91 Å². The smallest absolute Gasteiger partial charge is 0.235 e. The zero-order chi connectivity index (χ0) is 22.2. The van der Waals surface area contributed by atoms with Crippen LogP contribution in [0.1, 0.15) is 38.7 Å². The van der Waals surface area contributed by atoms with Gasteiger partial charge in [-0.3, -0.25) is 14.7 Å². The van der Waals surface area contributed by atoms with E-state index in [9.17, 15) is 9.90 Å². The van der Waals surface area contributed by atoms with Gasteiger partial charge in [-0.1, -0.05) is 18.5 Å². The maximum atomic E-state index is 12.8. The van der Waals surface area contributed by atoms with Crippen molar-refractivity contribution in [1.29, 1.82) is 0 Å². The second kappa shape index (κ2) is 8.45. The third kappa shape index (κ3) is 4.19. The Bertz CT molecular complexity index is 906. The first-order chi connectivity index (χ1) is 14.7. The van der Waals surface area contributed by atoms with Gasteiger partial charge in [0.1, 0.15) is 18.4 Å². The number of nitrogens with one attached hydrogen (secondary N) is 1. The van der Waals surface area contributed by atoms with Crippen LogP contribution in [0.4, 0.5) is 5.69 Å². The molecule has 2 N–H and O–H groups in total. The van der Waals surface area contributed by atoms with Gasteiger partial charge in [0, 0.05) is 30.5 Å². The van der Waals surface area contributed by atoms with Crippen molar-refractivity contribution in [3.8, 4) is 0 Å². The summed E-state index contributed by atoms with van der Waals surface area (Å²) in [6, 6.07) is 5.64. The number of amides is 1. The Morgan fingerprint density at radius 3 is 2.81 bits per heavy atom. The number of carbonyl (C=O) groups is 1. The standard InChI is InChI=1S/C23H31ClN4O3/c1-4-22(2,30)20-25-14-17(15-27(20)3)31-12-11-28-9-7-23(8-10-28)18-13-16(24)5-6-19(18)26-21(23)29/h5-6,13-15,20,30H,4,7-12H2,1-3H3,(H,26,29). The molecule has 31 heavy (non-hydrogen) atoms. The number of ether oxygens (including phenoxy) is 1. The largest absolute Gasteiger partial charge is 0.489 e. The molecule has 2 atom stereocenters. The quantitative estimate of drug-likeness (QED) is 0.702. The number of anilines is 1. The Labute approximate surface area is 188 Å². The van der Waals surface area contributed by atoms with Crippen LogP contribution in [0.3, 0.4) is 0 Å². The summed E-state index contributed by atoms with van der Waals surface area (Å²) in [4.78, 5) is 21.5. The number of hydrogen-bond donors (Lipinski definition) is 2. The zero-order valence-electron chi connectivity index (χ0n) is 18.4. The van der Waals surface area contributed by atoms with Crippen molar-refractivity contribution in [3.05, 3.63) is 40.7 Å². The number of rotatable bonds is 6. The van der Waals surface area contributed by atoms with E-state index in [0.717, 1.165) is 43.7 Å². The molecule has 1 fully saturated rings. The van der Waals surface area contributed by atoms with Crippen molar-refractivity contribution in [2.75, 3.05) is 38.6 Å². The van der Waals surface area contributed by atoms with Crippen molar-refractivity contribution < 1.29 is 14.6 Å². The van der Waals surface area contributed by atoms with E-state index < -0.39 is 11.0 Å². The van der Waals surface area contributed by atoms with E-state index in [1.807, 2.05) is 43.3 Å². The van der Waals surface area contributed by atoms with Crippen LogP contribution in [0.15, 0.2) is 35.2 Å². The molecule has 2 unspecified atom stereocenters. The normalized spacial score (nSPS) is 24.5. The molecule has 0 aromatic heterocycles. The van der Waals surface area contributed by atoms with Crippen LogP contribution in [0.25, 0.3) is 0 Å². The number of nitrogens with zero attached hydrogens (tertiary/aromatic N) is 3. The number of aliphatic imine (C=N–C) groups is 1. The summed E-state index contributed by atoms with van der Waals surface area (Å²) in [5.74, 6) is 0.780. The Morgan fingerprint density at radius 2 is 2.13 bits per heavy atom. The number of aliphatic hydroxyl groups is 1. The molecule has 1 aromatic rings. The lowest BCUT2D eigenvalue weighted by Crippen LogP contribution is -2.48. The van der Waals surface area contributed by atoms with Gasteiger partial charge < -0.3 is 20.1 Å². The molecule has 168 valence electrons. The van der Waals surface area contributed by atoms with Gasteiger partial charge in [-0.05, 0) is 63.0 Å². The molecule has 8 heteroatoms. The number of fused-ring (bicyclic) bond motifs is 2. The van der Waals surface area contributed by atoms with Crippen LogP contribution >= 0.6 is 11.6 Å². The number of allylic oxidation sites excluding steroid dienone is 1. The van der Waals surface area contributed by atoms with E-state index in [1.165, 1.54) is 0 Å². The molecule has 1 saturated heterocycles. The van der Waals surface area contributed by atoms with Gasteiger partial charge >= 0.3 is 0 Å². The fraction of sp³-hybridized carbons (Fsp3) is 0.565. The first kappa shape index (κ1) is 22.1. The second-order valence-electron chi connectivity index (χ2n) is 8.98. The summed E-state index contributed by atoms with van der Waals surface area (Å²) in [6.07, 6.45) is 5.44. The lowest BCUT2D eigenvalue weighted by Gasteiger charge is -2.38. The van der Waals surface area contributed by atoms with E-state index in [-0.39, 0.29) is 12.1 Å². The third-order valence-corrected chi connectivity index (χ3v) is 7.13. The van der Waals surface area contributed by atoms with E-state index in [4.69, 9.17) is 16.3 Å². The van der Waals surface area contributed by atoms with Crippen molar-refractivity contribution in [1.82, 2.24) is 9.80 Å². The molecular weight excluding hydrogens is 416 g/mol. The summed E-state index contributed by atoms with van der Waals surface area (Å²) in [7, 11) is 1.90. The van der Waals surface area contributed by atoms with Gasteiger partial charge in [-0.2, -0.15) is 0 Å². The average molecular weight is 447 g/mol. The third-order valence-electron chi connectivity index (χ3n) is 6.90. The van der Waals surface area contributed by atoms with Crippen LogP contribution in [0.5, 0.6) is 0 Å². The first-order valence-electron chi connectivity index (χ1n) is 10.9. The topological polar surface area (TPSA) is 77.4 Å². The molecule has 0 bridgehead atoms. The predicted molar refractivity (Wildman–Crippen MR) is 122 cm³/mol. The van der Waals surface area contributed by atoms with Crippen LogP contribution in [-0.4, -0.2) is 72.1 Å². The summed E-state index contributed by atoms with van der Waals surface area (Å²) >= 11 is 6.20. The molecule has 1 aromatic carbocycles. The van der Waals surface area contributed by atoms with Gasteiger partial charge in [-0.25, -0.2) is 0 Å². The Morgan fingerprint density at radius 1 is 1.39 bits per heavy atom. The SMILES string of the molecule is CCC(C)(O)C1N=CC(OCCN2CCC3(CC2)C(=O)Nc2ccc(Cl)cc23)=CN1C. The molecule has 0 saturated carbocycles. The summed E-state index contributed by atoms with van der Waals surface area (Å²) < 4.78 is 5.91. The van der Waals surface area contributed by atoms with Crippen molar-refractivity contribution in [2.24, 2.45) is 4.99 Å². The highest BCUT2D eigenvalue weighted by Gasteiger charge is 2.48. The number of piperidine rings is 1. The number of likely N-dealkylation sites (N-methyl/N-ethyl adjacent to an activating group) is 1. The molecule has 7 nitrogen and oxygen atoms in total. The number of benzene rings is 1. The van der Waals surface area contributed by atoms with Gasteiger partial charge in [0.15, 0.2) is 5.76 Å². The van der Waals surface area contributed by atoms with Crippen LogP contribution in [-0.2, 0) is 14.9 Å². The van der Waals surface area contributed by atoms with Crippen LogP contribution < -0.4 is 5.32 Å². The molecule has 0 aliphatic carbocycles. The number of likely N-dealkylation sites (tertiary alicyclic amines) is 1. The van der Waals surface area contributed by atoms with E-state index in [1.54, 1.807) is 13.1 Å². The second-order valence-corrected chi connectivity index (χ2v) is 9.41. The molecule has 0 radical (unpaired) electrons. The average Bonchev–Trinajstić information content (AvgIpc) is 3.00. The highest BCUT2D eigenvalue weighted by atomic mass is 35.5. The molecule has 3 aliphatic rings. The molecule has 3 heterocycles. The van der Waals surface area contributed by atoms with E-state index in [0.29, 0.717) is 23.8 Å². The highest BCUT2D eigenvalue weighted by Crippen LogP contribution is 2.45. The van der Waals surface area contributed by atoms with Gasteiger partial charge in [-0.15, -0.1) is 0 Å². The number of halogens is 1. The summed E-state index contributed by atoms with van der Waals surface area (Å²) in [6.45, 7) is 6.73. The van der Waals surface area contributed by atoms with Crippen LogP contribution in [0.2, 0.25) is 5.02 Å². The van der Waals surface area contributed by atoms with Crippen molar-refractivity contribution in [2.45, 2.75) is 50.3 Å². The lowest BCUT2D eigenvalue weighted by atomic mass is 9.73. The molecule has 1 spiro atoms. The Kier molecular flexibility index (Phi) is 6.03. The van der Waals surface area contributed by atoms with Crippen molar-refractivity contribution in [3.63, 3.8) is 0 Å². The first-order valence-corrected chi connectivity index (χ1v) is 11.3. The van der Waals surface area contributed by atoms with E-state index >= 15 is 0 Å². The Balaban J connectivity index is 1.29. The minimum Gasteiger partial charge on any atom is -0.489 e. The van der Waals surface area contributed by atoms with Gasteiger partial charge in [0.25, 0.3) is 0 Å². The van der Waals surface area contributed by atoms with Gasteiger partial charge in [0.05, 0.1) is 11.6 Å². The minimum absolute atomic E-state index is 0.0878. The predicted octanol–water partition coefficient (Wildman–Crippen LogP) is 2.99. The molecular formula is C23H31ClN4O3. The van der Waals surface area contributed by atoms with Crippen molar-refractivity contribution >= 4 is 29.4 Å². The number of hydrogen-bond acceptors (Lipinski definition) is 6. The number of carbonyl (C=O) groups excluding carboxylic acids is 1. The monoisotopic (exact) mass is 446 g/mol. The maximum absolute atomic E-state index is 12.8. The fourth-order valence-electron chi connectivity index (χ4n) is 4.74. The zero-order valence-corrected chi connectivity index (χ0v) is 19.2. The highest BCUT2D eigenvalue weighted by molar-refractivity contribution is 6.31. The molecule has 1 amide bonds. The minimum atomic E-state index is -0.883.